The number of rotatable bonds is 1. The summed E-state index contributed by atoms with van der Waals surface area (Å²) in [7, 11) is 0. The maximum atomic E-state index is 11.1. The molecule has 0 unspecified atom stereocenters. The van der Waals surface area contributed by atoms with Crippen molar-refractivity contribution in [3.63, 3.8) is 0 Å². The monoisotopic (exact) mass is 214 g/mol. The van der Waals surface area contributed by atoms with E-state index in [0.717, 1.165) is 20.1 Å². The second-order valence-electron chi connectivity index (χ2n) is 2.71. The highest BCUT2D eigenvalue weighted by Gasteiger charge is 2.28. The Morgan fingerprint density at radius 1 is 1.36 bits per heavy atom. The smallest absolute Gasteiger partial charge is 0.422 e. The Morgan fingerprint density at radius 2 is 1.86 bits per heavy atom. The predicted molar refractivity (Wildman–Crippen MR) is 42.7 cm³/mol. The molecule has 1 fully saturated rings. The van der Waals surface area contributed by atoms with Crippen LogP contribution in [0.4, 0.5) is 13.2 Å². The summed E-state index contributed by atoms with van der Waals surface area (Å²) in [5.41, 5.74) is 0. The van der Waals surface area contributed by atoms with Crippen LogP contribution in [0, 0.1) is 0 Å². The van der Waals surface area contributed by atoms with Crippen LogP contribution in [0.3, 0.4) is 0 Å². The van der Waals surface area contributed by atoms with Crippen LogP contribution >= 0.6 is 0 Å². The third kappa shape index (κ3) is 11.2. The van der Waals surface area contributed by atoms with Crippen molar-refractivity contribution in [2.24, 2.45) is 0 Å². The zero-order valence-electron chi connectivity index (χ0n) is 7.89. The molecule has 84 valence electrons. The van der Waals surface area contributed by atoms with Crippen LogP contribution in [0.15, 0.2) is 0 Å². The van der Waals surface area contributed by atoms with Crippen molar-refractivity contribution in [2.75, 3.05) is 19.8 Å². The van der Waals surface area contributed by atoms with Crippen molar-refractivity contribution in [2.45, 2.75) is 25.9 Å². The van der Waals surface area contributed by atoms with Crippen LogP contribution < -0.4 is 0 Å². The average molecular weight is 214 g/mol. The average Bonchev–Trinajstić information content (AvgIpc) is 2.56. The zero-order valence-corrected chi connectivity index (χ0v) is 7.89. The molecule has 0 amide bonds. The van der Waals surface area contributed by atoms with E-state index in [2.05, 4.69) is 4.74 Å². The minimum Gasteiger partial charge on any atom is -0.456 e. The minimum absolute atomic E-state index is 0.922. The molecule has 6 heteroatoms. The molecule has 3 nitrogen and oxygen atoms in total. The fraction of sp³-hybridized carbons (Fsp3) is 0.875. The first-order valence-corrected chi connectivity index (χ1v) is 4.19. The highest BCUT2D eigenvalue weighted by molar-refractivity contribution is 5.65. The summed E-state index contributed by atoms with van der Waals surface area (Å²) in [6.07, 6.45) is -1.86. The van der Waals surface area contributed by atoms with Gasteiger partial charge in [-0.15, -0.1) is 0 Å². The summed E-state index contributed by atoms with van der Waals surface area (Å²) in [6, 6.07) is 0. The first-order chi connectivity index (χ1) is 6.42. The first-order valence-electron chi connectivity index (χ1n) is 4.19. The fourth-order valence-corrected chi connectivity index (χ4v) is 0.694. The fourth-order valence-electron chi connectivity index (χ4n) is 0.694. The summed E-state index contributed by atoms with van der Waals surface area (Å²) in [4.78, 5) is 9.77. The Kier molecular flexibility index (Phi) is 6.27. The van der Waals surface area contributed by atoms with E-state index in [1.807, 2.05) is 0 Å². The lowest BCUT2D eigenvalue weighted by molar-refractivity contribution is -0.184. The molecule has 0 aromatic heterocycles. The van der Waals surface area contributed by atoms with Crippen molar-refractivity contribution in [3.8, 4) is 0 Å². The van der Waals surface area contributed by atoms with Gasteiger partial charge in [0.25, 0.3) is 0 Å². The van der Waals surface area contributed by atoms with E-state index in [9.17, 15) is 18.0 Å². The van der Waals surface area contributed by atoms with Crippen LogP contribution in [0.5, 0.6) is 0 Å². The van der Waals surface area contributed by atoms with Crippen molar-refractivity contribution in [3.05, 3.63) is 0 Å². The number of halogens is 3. The Balaban J connectivity index is 0.000000280. The van der Waals surface area contributed by atoms with Gasteiger partial charge in [0.1, 0.15) is 0 Å². The van der Waals surface area contributed by atoms with Gasteiger partial charge in [0, 0.05) is 20.1 Å². The Labute approximate surface area is 80.2 Å². The predicted octanol–water partition coefficient (Wildman–Crippen LogP) is 1.91. The Bertz CT molecular complexity index is 156. The van der Waals surface area contributed by atoms with Gasteiger partial charge in [0.05, 0.1) is 0 Å². The molecule has 1 saturated heterocycles. The van der Waals surface area contributed by atoms with Crippen LogP contribution in [0.2, 0.25) is 0 Å². The standard InChI is InChI=1S/C4H5F3O2.C4H8O/c1-3(8)9-2-4(5,6)7;1-2-4-5-3-1/h2H2,1H3;1-4H2. The summed E-state index contributed by atoms with van der Waals surface area (Å²) in [5.74, 6) is -0.924. The van der Waals surface area contributed by atoms with Gasteiger partial charge in [-0.2, -0.15) is 13.2 Å². The highest BCUT2D eigenvalue weighted by Crippen LogP contribution is 2.14. The van der Waals surface area contributed by atoms with Gasteiger partial charge >= 0.3 is 12.1 Å². The lowest BCUT2D eigenvalue weighted by atomic mass is 10.4. The summed E-state index contributed by atoms with van der Waals surface area (Å²) >= 11 is 0. The molecule has 0 N–H and O–H groups in total. The SMILES string of the molecule is C1CCOC1.CC(=O)OCC(F)(F)F. The van der Waals surface area contributed by atoms with Gasteiger partial charge in [0.15, 0.2) is 6.61 Å². The van der Waals surface area contributed by atoms with Gasteiger partial charge in [-0.1, -0.05) is 0 Å². The molecule has 1 aliphatic rings. The number of ether oxygens (including phenoxy) is 2. The molecule has 0 spiro atoms. The van der Waals surface area contributed by atoms with Crippen LogP contribution in [0.25, 0.3) is 0 Å². The molecular weight excluding hydrogens is 201 g/mol. The zero-order chi connectivity index (χ0) is 11.0. The summed E-state index contributed by atoms with van der Waals surface area (Å²) in [6.45, 7) is 1.42. The molecule has 0 atom stereocenters. The molecule has 0 aliphatic carbocycles. The molecule has 14 heavy (non-hydrogen) atoms. The van der Waals surface area contributed by atoms with Gasteiger partial charge in [-0.25, -0.2) is 0 Å². The third-order valence-electron chi connectivity index (χ3n) is 1.27. The normalized spacial score (nSPS) is 15.7. The third-order valence-corrected chi connectivity index (χ3v) is 1.27. The Morgan fingerprint density at radius 3 is 2.00 bits per heavy atom. The number of carbonyl (C=O) groups excluding carboxylic acids is 1. The minimum atomic E-state index is -4.41. The van der Waals surface area contributed by atoms with E-state index in [1.165, 1.54) is 12.8 Å². The van der Waals surface area contributed by atoms with E-state index >= 15 is 0 Å². The maximum absolute atomic E-state index is 11.1. The van der Waals surface area contributed by atoms with Gasteiger partial charge < -0.3 is 9.47 Å². The molecule has 1 rings (SSSR count). The van der Waals surface area contributed by atoms with Crippen LogP contribution in [-0.2, 0) is 14.3 Å². The van der Waals surface area contributed by atoms with E-state index in [-0.39, 0.29) is 0 Å². The molecule has 0 bridgehead atoms. The molecule has 0 aromatic rings. The second kappa shape index (κ2) is 6.64. The number of hydrogen-bond donors (Lipinski definition) is 0. The van der Waals surface area contributed by atoms with E-state index in [4.69, 9.17) is 4.74 Å². The lowest BCUT2D eigenvalue weighted by Gasteiger charge is -2.04. The number of carbonyl (C=O) groups is 1. The number of hydrogen-bond acceptors (Lipinski definition) is 3. The molecule has 0 saturated carbocycles. The topological polar surface area (TPSA) is 35.5 Å². The molecule has 1 heterocycles. The van der Waals surface area contributed by atoms with Gasteiger partial charge in [-0.3, -0.25) is 4.79 Å². The quantitative estimate of drug-likeness (QED) is 0.625. The van der Waals surface area contributed by atoms with E-state index < -0.39 is 18.8 Å². The van der Waals surface area contributed by atoms with E-state index in [1.54, 1.807) is 0 Å². The first kappa shape index (κ1) is 13.2. The van der Waals surface area contributed by atoms with Crippen LogP contribution in [-0.4, -0.2) is 32.0 Å². The number of alkyl halides is 3. The van der Waals surface area contributed by atoms with Crippen molar-refractivity contribution >= 4 is 5.97 Å². The van der Waals surface area contributed by atoms with Crippen molar-refractivity contribution < 1.29 is 27.4 Å². The van der Waals surface area contributed by atoms with Crippen molar-refractivity contribution in [1.82, 2.24) is 0 Å². The Hall–Kier alpha value is -0.780. The second-order valence-corrected chi connectivity index (χ2v) is 2.71. The maximum Gasteiger partial charge on any atom is 0.422 e. The highest BCUT2D eigenvalue weighted by atomic mass is 19.4. The van der Waals surface area contributed by atoms with Crippen LogP contribution in [0.1, 0.15) is 19.8 Å². The summed E-state index contributed by atoms with van der Waals surface area (Å²) in [5, 5.41) is 0. The van der Waals surface area contributed by atoms with Crippen molar-refractivity contribution in [1.29, 1.82) is 0 Å². The molecule has 1 aliphatic heterocycles. The molecule has 0 radical (unpaired) electrons. The van der Waals surface area contributed by atoms with Gasteiger partial charge in [0.2, 0.25) is 0 Å². The van der Waals surface area contributed by atoms with Gasteiger partial charge in [-0.05, 0) is 12.8 Å². The molecule has 0 aromatic carbocycles. The van der Waals surface area contributed by atoms with E-state index in [0.29, 0.717) is 0 Å². The summed E-state index contributed by atoms with van der Waals surface area (Å²) < 4.78 is 42.0. The largest absolute Gasteiger partial charge is 0.456 e. The molecular formula is C8H13F3O3. The number of esters is 1. The lowest BCUT2D eigenvalue weighted by Crippen LogP contribution is -2.18.